The number of aromatic nitrogens is 1. The van der Waals surface area contributed by atoms with Gasteiger partial charge in [0.1, 0.15) is 5.75 Å². The van der Waals surface area contributed by atoms with Crippen LogP contribution in [0.5, 0.6) is 0 Å². The summed E-state index contributed by atoms with van der Waals surface area (Å²) in [5, 5.41) is 0. The third-order valence-corrected chi connectivity index (χ3v) is 5.92. The summed E-state index contributed by atoms with van der Waals surface area (Å²) in [7, 11) is -4.24. The Morgan fingerprint density at radius 3 is 2.12 bits per heavy atom. The van der Waals surface area contributed by atoms with Crippen LogP contribution in [0.2, 0.25) is 0 Å². The number of halogens is 7. The smallest absolute Gasteiger partial charge is 0.417 e. The Labute approximate surface area is 142 Å². The number of nitrogens with zero attached hydrogens (tertiary/aromatic N) is 1. The van der Waals surface area contributed by atoms with E-state index < -0.39 is 55.8 Å². The summed E-state index contributed by atoms with van der Waals surface area (Å²) < 4.78 is 101. The van der Waals surface area contributed by atoms with E-state index in [1.807, 2.05) is 0 Å². The molecular weight excluding hydrogens is 404 g/mol. The molecule has 0 N–H and O–H groups in total. The van der Waals surface area contributed by atoms with Crippen molar-refractivity contribution in [1.82, 2.24) is 4.98 Å². The number of ether oxygens (including phenoxy) is 1. The van der Waals surface area contributed by atoms with Gasteiger partial charge >= 0.3 is 18.3 Å². The van der Waals surface area contributed by atoms with Crippen LogP contribution in [-0.2, 0) is 29.8 Å². The number of pyridine rings is 1. The molecule has 0 amide bonds. The first-order chi connectivity index (χ1) is 11.1. The first-order valence-electron chi connectivity index (χ1n) is 6.21. The van der Waals surface area contributed by atoms with E-state index in [1.54, 1.807) is 0 Å². The number of hydrogen-bond acceptors (Lipinski definition) is 5. The Hall–Kier alpha value is -1.56. The highest BCUT2D eigenvalue weighted by Crippen LogP contribution is 2.44. The van der Waals surface area contributed by atoms with Gasteiger partial charge in [-0.2, -0.15) is 26.3 Å². The second-order valence-corrected chi connectivity index (χ2v) is 7.87. The van der Waals surface area contributed by atoms with Crippen LogP contribution in [0.15, 0.2) is 18.3 Å². The lowest BCUT2D eigenvalue weighted by molar-refractivity contribution is -0.140. The number of carbonyl (C=O) groups excluding carboxylic acids is 1. The second kappa shape index (κ2) is 6.98. The maximum atomic E-state index is 12.8. The summed E-state index contributed by atoms with van der Waals surface area (Å²) in [5.41, 5.74) is -2.31. The standard InChI is InChI=1S/C12H10ClF6NO4S/c1-24-9(21)5-25(22,23)10(13,6-11(14,15)16)8-3-2-7(4-20-8)12(17,18)19/h2-4H,5-6H2,1H3. The van der Waals surface area contributed by atoms with E-state index in [1.165, 1.54) is 0 Å². The number of esters is 1. The molecule has 1 unspecified atom stereocenters. The van der Waals surface area contributed by atoms with Crippen LogP contribution in [0.4, 0.5) is 26.3 Å². The summed E-state index contributed by atoms with van der Waals surface area (Å²) in [6.07, 6.45) is -12.0. The molecular formula is C12H10ClF6NO4S. The highest BCUT2D eigenvalue weighted by Gasteiger charge is 2.53. The van der Waals surface area contributed by atoms with Crippen LogP contribution < -0.4 is 0 Å². The minimum absolute atomic E-state index is 0.149. The molecule has 0 bridgehead atoms. The summed E-state index contributed by atoms with van der Waals surface area (Å²) >= 11 is 5.65. The van der Waals surface area contributed by atoms with Gasteiger partial charge in [0.15, 0.2) is 14.0 Å². The van der Waals surface area contributed by atoms with Crippen LogP contribution in [0.1, 0.15) is 17.7 Å². The molecule has 0 aromatic carbocycles. The average molecular weight is 414 g/mol. The van der Waals surface area contributed by atoms with Gasteiger partial charge in [-0.25, -0.2) is 8.42 Å². The Bertz CT molecular complexity index is 731. The Morgan fingerprint density at radius 1 is 1.20 bits per heavy atom. The number of alkyl halides is 7. The van der Waals surface area contributed by atoms with Gasteiger partial charge in [0, 0.05) is 6.20 Å². The number of rotatable bonds is 5. The molecule has 0 fully saturated rings. The third kappa shape index (κ3) is 5.21. The summed E-state index contributed by atoms with van der Waals surface area (Å²) in [6.45, 7) is 0. The van der Waals surface area contributed by atoms with Crippen molar-refractivity contribution in [1.29, 1.82) is 0 Å². The first kappa shape index (κ1) is 21.5. The Morgan fingerprint density at radius 2 is 1.76 bits per heavy atom. The molecule has 0 radical (unpaired) electrons. The quantitative estimate of drug-likeness (QED) is 0.421. The SMILES string of the molecule is COC(=O)CS(=O)(=O)C(Cl)(CC(F)(F)F)c1ccc(C(F)(F)F)cn1. The van der Waals surface area contributed by atoms with Gasteiger partial charge in [-0.15, -0.1) is 0 Å². The largest absolute Gasteiger partial charge is 0.468 e. The van der Waals surface area contributed by atoms with Crippen molar-refractivity contribution in [3.63, 3.8) is 0 Å². The van der Waals surface area contributed by atoms with Crippen molar-refractivity contribution < 1.29 is 44.3 Å². The zero-order valence-electron chi connectivity index (χ0n) is 12.3. The van der Waals surface area contributed by atoms with Crippen molar-refractivity contribution >= 4 is 27.4 Å². The number of sulfone groups is 1. The number of carbonyl (C=O) groups is 1. The van der Waals surface area contributed by atoms with E-state index in [4.69, 9.17) is 11.6 Å². The van der Waals surface area contributed by atoms with Gasteiger partial charge in [0.2, 0.25) is 0 Å². The fourth-order valence-corrected chi connectivity index (χ4v) is 3.64. The number of methoxy groups -OCH3 is 1. The summed E-state index contributed by atoms with van der Waals surface area (Å²) in [5.74, 6) is -2.90. The van der Waals surface area contributed by atoms with Crippen molar-refractivity contribution in [3.8, 4) is 0 Å². The molecule has 1 aromatic heterocycles. The third-order valence-electron chi connectivity index (χ3n) is 2.93. The first-order valence-corrected chi connectivity index (χ1v) is 8.24. The van der Waals surface area contributed by atoms with Gasteiger partial charge in [0.05, 0.1) is 24.8 Å². The molecule has 1 heterocycles. The van der Waals surface area contributed by atoms with Gasteiger partial charge < -0.3 is 4.74 Å². The highest BCUT2D eigenvalue weighted by atomic mass is 35.5. The fourth-order valence-electron chi connectivity index (χ4n) is 1.73. The van der Waals surface area contributed by atoms with Crippen LogP contribution in [-0.4, -0.2) is 38.4 Å². The van der Waals surface area contributed by atoms with E-state index in [9.17, 15) is 39.6 Å². The Kier molecular flexibility index (Phi) is 6.00. The van der Waals surface area contributed by atoms with Crippen LogP contribution in [0.3, 0.4) is 0 Å². The molecule has 0 saturated heterocycles. The zero-order valence-corrected chi connectivity index (χ0v) is 13.9. The van der Waals surface area contributed by atoms with Crippen LogP contribution in [0, 0.1) is 0 Å². The lowest BCUT2D eigenvalue weighted by Crippen LogP contribution is -2.39. The molecule has 0 aliphatic heterocycles. The van der Waals surface area contributed by atoms with Gasteiger partial charge in [0.25, 0.3) is 0 Å². The predicted molar refractivity (Wildman–Crippen MR) is 73.2 cm³/mol. The zero-order chi connectivity index (χ0) is 19.7. The molecule has 1 aromatic rings. The van der Waals surface area contributed by atoms with Crippen molar-refractivity contribution in [2.24, 2.45) is 0 Å². The summed E-state index contributed by atoms with van der Waals surface area (Å²) in [6, 6.07) is 0.750. The van der Waals surface area contributed by atoms with Crippen LogP contribution in [0.25, 0.3) is 0 Å². The summed E-state index contributed by atoms with van der Waals surface area (Å²) in [4.78, 5) is 14.3. The number of hydrogen-bond donors (Lipinski definition) is 0. The monoisotopic (exact) mass is 413 g/mol. The van der Waals surface area contributed by atoms with E-state index in [0.717, 1.165) is 7.11 Å². The highest BCUT2D eigenvalue weighted by molar-refractivity contribution is 7.94. The molecule has 142 valence electrons. The van der Waals surface area contributed by atoms with Crippen LogP contribution >= 0.6 is 11.6 Å². The Balaban J connectivity index is 3.45. The van der Waals surface area contributed by atoms with Gasteiger partial charge in [-0.3, -0.25) is 9.78 Å². The molecule has 0 spiro atoms. The topological polar surface area (TPSA) is 73.3 Å². The molecule has 1 atom stereocenters. The molecule has 5 nitrogen and oxygen atoms in total. The molecule has 0 saturated carbocycles. The fraction of sp³-hybridized carbons (Fsp3) is 0.500. The maximum absolute atomic E-state index is 12.8. The van der Waals surface area contributed by atoms with Crippen molar-refractivity contribution in [2.45, 2.75) is 23.0 Å². The molecule has 0 aliphatic carbocycles. The van der Waals surface area contributed by atoms with E-state index >= 15 is 0 Å². The minimum atomic E-state index is -5.12. The van der Waals surface area contributed by atoms with Crippen molar-refractivity contribution in [2.75, 3.05) is 12.9 Å². The normalized spacial score (nSPS) is 15.5. The van der Waals surface area contributed by atoms with Crippen molar-refractivity contribution in [3.05, 3.63) is 29.6 Å². The van der Waals surface area contributed by atoms with E-state index in [0.29, 0.717) is 12.1 Å². The molecule has 0 aliphatic rings. The molecule has 25 heavy (non-hydrogen) atoms. The predicted octanol–water partition coefficient (Wildman–Crippen LogP) is 3.03. The molecule has 1 rings (SSSR count). The second-order valence-electron chi connectivity index (χ2n) is 4.79. The van der Waals surface area contributed by atoms with Gasteiger partial charge in [-0.1, -0.05) is 11.6 Å². The average Bonchev–Trinajstić information content (AvgIpc) is 2.43. The lowest BCUT2D eigenvalue weighted by Gasteiger charge is -2.27. The maximum Gasteiger partial charge on any atom is 0.417 e. The van der Waals surface area contributed by atoms with E-state index in [2.05, 4.69) is 9.72 Å². The van der Waals surface area contributed by atoms with Gasteiger partial charge in [-0.05, 0) is 12.1 Å². The lowest BCUT2D eigenvalue weighted by atomic mass is 10.1. The minimum Gasteiger partial charge on any atom is -0.468 e. The molecule has 13 heteroatoms. The van der Waals surface area contributed by atoms with E-state index in [-0.39, 0.29) is 6.20 Å².